The van der Waals surface area contributed by atoms with E-state index in [1.807, 2.05) is 12.3 Å². The second kappa shape index (κ2) is 3.61. The lowest BCUT2D eigenvalue weighted by molar-refractivity contribution is 0.970. The third kappa shape index (κ3) is 1.29. The van der Waals surface area contributed by atoms with Crippen LogP contribution in [0.3, 0.4) is 0 Å². The number of fused-ring (bicyclic) bond motifs is 7. The zero-order chi connectivity index (χ0) is 14.0. The summed E-state index contributed by atoms with van der Waals surface area (Å²) < 4.78 is 2.14. The van der Waals surface area contributed by atoms with Gasteiger partial charge in [-0.15, -0.1) is 0 Å². The third-order valence-corrected chi connectivity index (χ3v) is 4.26. The van der Waals surface area contributed by atoms with Crippen LogP contribution in [-0.4, -0.2) is 19.5 Å². The van der Waals surface area contributed by atoms with Crippen molar-refractivity contribution in [3.8, 4) is 0 Å². The van der Waals surface area contributed by atoms with Crippen LogP contribution in [-0.2, 0) is 7.05 Å². The van der Waals surface area contributed by atoms with Crippen molar-refractivity contribution in [1.82, 2.24) is 19.5 Å². The van der Waals surface area contributed by atoms with Crippen molar-refractivity contribution in [2.24, 2.45) is 7.05 Å². The standard InChI is InChI=1S/C17H12N4/c1-21-6-4-10-7-12-11-3-2-5-18-15(11)17-16(19-9-20-17)13(12)8-14(10)21/h2-9,18H,1H3. The maximum absolute atomic E-state index is 4.48. The first-order valence-electron chi connectivity index (χ1n) is 6.91. The molecule has 0 atom stereocenters. The number of hydrogen-bond donors (Lipinski definition) is 1. The van der Waals surface area contributed by atoms with Crippen molar-refractivity contribution in [2.75, 3.05) is 0 Å². The first-order valence-corrected chi connectivity index (χ1v) is 6.91. The molecule has 0 radical (unpaired) electrons. The smallest absolute Gasteiger partial charge is 0.117 e. The number of benzene rings is 2. The molecule has 0 aliphatic carbocycles. The molecule has 5 rings (SSSR count). The first-order chi connectivity index (χ1) is 10.3. The highest BCUT2D eigenvalue weighted by Crippen LogP contribution is 2.34. The van der Waals surface area contributed by atoms with Gasteiger partial charge < -0.3 is 9.55 Å². The molecule has 0 aliphatic rings. The molecule has 3 heterocycles. The van der Waals surface area contributed by atoms with Gasteiger partial charge in [0.15, 0.2) is 0 Å². The maximum atomic E-state index is 4.48. The predicted octanol–water partition coefficient (Wildman–Crippen LogP) is 3.76. The van der Waals surface area contributed by atoms with Crippen LogP contribution in [0, 0.1) is 0 Å². The summed E-state index contributed by atoms with van der Waals surface area (Å²) in [6.45, 7) is 0. The number of aromatic nitrogens is 4. The van der Waals surface area contributed by atoms with E-state index in [0.717, 1.165) is 21.9 Å². The molecule has 0 bridgehead atoms. The van der Waals surface area contributed by atoms with E-state index in [2.05, 4.69) is 57.0 Å². The van der Waals surface area contributed by atoms with Gasteiger partial charge in [-0.1, -0.05) is 6.07 Å². The number of H-pyrrole nitrogens is 1. The molecule has 0 spiro atoms. The Bertz CT molecular complexity index is 1150. The Hall–Kier alpha value is -2.88. The Morgan fingerprint density at radius 1 is 1.00 bits per heavy atom. The lowest BCUT2D eigenvalue weighted by Gasteiger charge is -2.07. The number of nitrogens with one attached hydrogen (secondary N) is 1. The molecule has 0 fully saturated rings. The van der Waals surface area contributed by atoms with E-state index in [1.165, 1.54) is 21.7 Å². The minimum absolute atomic E-state index is 0.937. The number of aromatic amines is 1. The Morgan fingerprint density at radius 3 is 2.86 bits per heavy atom. The first kappa shape index (κ1) is 10.9. The molecule has 4 heteroatoms. The fourth-order valence-electron chi connectivity index (χ4n) is 3.24. The molecule has 0 saturated carbocycles. The summed E-state index contributed by atoms with van der Waals surface area (Å²) in [4.78, 5) is 12.2. The van der Waals surface area contributed by atoms with Gasteiger partial charge in [0.05, 0.1) is 5.52 Å². The summed E-state index contributed by atoms with van der Waals surface area (Å²) in [5, 5.41) is 4.80. The average Bonchev–Trinajstić information content (AvgIpc) is 3.14. The molecule has 0 amide bonds. The fourth-order valence-corrected chi connectivity index (χ4v) is 3.24. The number of pyridine rings is 1. The number of hydrogen-bond acceptors (Lipinski definition) is 2. The summed E-state index contributed by atoms with van der Waals surface area (Å²) >= 11 is 0. The van der Waals surface area contributed by atoms with Crippen LogP contribution in [0.2, 0.25) is 0 Å². The molecule has 0 saturated heterocycles. The Labute approximate surface area is 120 Å². The number of nitrogens with zero attached hydrogens (tertiary/aromatic N) is 3. The van der Waals surface area contributed by atoms with Crippen molar-refractivity contribution in [3.63, 3.8) is 0 Å². The van der Waals surface area contributed by atoms with Gasteiger partial charge in [-0.3, -0.25) is 0 Å². The topological polar surface area (TPSA) is 46.5 Å². The van der Waals surface area contributed by atoms with E-state index >= 15 is 0 Å². The van der Waals surface area contributed by atoms with Gasteiger partial charge in [-0.25, -0.2) is 9.97 Å². The molecule has 5 aromatic rings. The van der Waals surface area contributed by atoms with E-state index in [4.69, 9.17) is 0 Å². The number of rotatable bonds is 0. The largest absolute Gasteiger partial charge is 0.359 e. The number of imidazole rings is 1. The van der Waals surface area contributed by atoms with E-state index in [9.17, 15) is 0 Å². The molecular formula is C17H12N4. The predicted molar refractivity (Wildman–Crippen MR) is 85.4 cm³/mol. The van der Waals surface area contributed by atoms with Crippen LogP contribution in [0.5, 0.6) is 0 Å². The van der Waals surface area contributed by atoms with Crippen LogP contribution < -0.4 is 0 Å². The minimum atomic E-state index is 0.937. The van der Waals surface area contributed by atoms with Crippen LogP contribution >= 0.6 is 0 Å². The average molecular weight is 272 g/mol. The lowest BCUT2D eigenvalue weighted by atomic mass is 10.0. The molecule has 1 N–H and O–H groups in total. The molecule has 0 unspecified atom stereocenters. The zero-order valence-electron chi connectivity index (χ0n) is 11.5. The maximum Gasteiger partial charge on any atom is 0.117 e. The summed E-state index contributed by atoms with van der Waals surface area (Å²) in [6.07, 6.45) is 5.66. The number of aryl methyl sites for hydroxylation is 1. The molecule has 100 valence electrons. The van der Waals surface area contributed by atoms with Gasteiger partial charge in [0, 0.05) is 41.1 Å². The van der Waals surface area contributed by atoms with Crippen LogP contribution in [0.15, 0.2) is 49.1 Å². The van der Waals surface area contributed by atoms with Crippen molar-refractivity contribution >= 4 is 43.6 Å². The van der Waals surface area contributed by atoms with E-state index in [1.54, 1.807) is 6.33 Å². The van der Waals surface area contributed by atoms with Gasteiger partial charge in [-0.2, -0.15) is 0 Å². The molecule has 2 aromatic carbocycles. The highest BCUT2D eigenvalue weighted by Gasteiger charge is 2.12. The fraction of sp³-hybridized carbons (Fsp3) is 0.0588. The van der Waals surface area contributed by atoms with Gasteiger partial charge >= 0.3 is 0 Å². The van der Waals surface area contributed by atoms with E-state index in [0.29, 0.717) is 0 Å². The monoisotopic (exact) mass is 272 g/mol. The normalized spacial score (nSPS) is 12.0. The van der Waals surface area contributed by atoms with Gasteiger partial charge in [0.25, 0.3) is 0 Å². The molecule has 4 nitrogen and oxygen atoms in total. The minimum Gasteiger partial charge on any atom is -0.359 e. The summed E-state index contributed by atoms with van der Waals surface area (Å²) in [7, 11) is 2.07. The lowest BCUT2D eigenvalue weighted by Crippen LogP contribution is -1.87. The Kier molecular flexibility index (Phi) is 1.86. The zero-order valence-corrected chi connectivity index (χ0v) is 11.5. The highest BCUT2D eigenvalue weighted by atomic mass is 14.9. The summed E-state index contributed by atoms with van der Waals surface area (Å²) in [5.41, 5.74) is 4.16. The SMILES string of the molecule is Cn1ccc2cc3c(cc21)c1ncnc1c1[nH]cccc31. The van der Waals surface area contributed by atoms with Crippen molar-refractivity contribution in [2.45, 2.75) is 0 Å². The second-order valence-corrected chi connectivity index (χ2v) is 5.41. The van der Waals surface area contributed by atoms with Crippen LogP contribution in [0.25, 0.3) is 43.6 Å². The van der Waals surface area contributed by atoms with Gasteiger partial charge in [0.1, 0.15) is 17.4 Å². The molecule has 3 aromatic heterocycles. The van der Waals surface area contributed by atoms with E-state index < -0.39 is 0 Å². The van der Waals surface area contributed by atoms with Gasteiger partial charge in [0.2, 0.25) is 0 Å². The van der Waals surface area contributed by atoms with Gasteiger partial charge in [-0.05, 0) is 29.7 Å². The van der Waals surface area contributed by atoms with Crippen molar-refractivity contribution in [1.29, 1.82) is 0 Å². The summed E-state index contributed by atoms with van der Waals surface area (Å²) in [6, 6.07) is 10.8. The van der Waals surface area contributed by atoms with Crippen molar-refractivity contribution in [3.05, 3.63) is 49.1 Å². The Morgan fingerprint density at radius 2 is 1.90 bits per heavy atom. The van der Waals surface area contributed by atoms with Crippen LogP contribution in [0.1, 0.15) is 0 Å². The highest BCUT2D eigenvalue weighted by molar-refractivity contribution is 6.24. The second-order valence-electron chi connectivity index (χ2n) is 5.41. The third-order valence-electron chi connectivity index (χ3n) is 4.26. The quantitative estimate of drug-likeness (QED) is 0.436. The Balaban J connectivity index is 2.19. The molecular weight excluding hydrogens is 260 g/mol. The van der Waals surface area contributed by atoms with Crippen LogP contribution in [0.4, 0.5) is 0 Å². The molecule has 0 aliphatic heterocycles. The van der Waals surface area contributed by atoms with E-state index in [-0.39, 0.29) is 0 Å². The molecule has 21 heavy (non-hydrogen) atoms. The van der Waals surface area contributed by atoms with Crippen molar-refractivity contribution < 1.29 is 0 Å². The summed E-state index contributed by atoms with van der Waals surface area (Å²) in [5.74, 6) is 0.